The lowest BCUT2D eigenvalue weighted by Gasteiger charge is -2.22. The third-order valence-corrected chi connectivity index (χ3v) is 3.00. The molecule has 2 N–H and O–H groups in total. The van der Waals surface area contributed by atoms with E-state index in [1.807, 2.05) is 13.8 Å². The third kappa shape index (κ3) is 3.71. The van der Waals surface area contributed by atoms with Crippen LogP contribution < -0.4 is 5.32 Å². The lowest BCUT2D eigenvalue weighted by Crippen LogP contribution is -2.39. The number of carboxylic acids is 1. The first-order valence-corrected chi connectivity index (χ1v) is 6.22. The molecular formula is C14H20N2O3. The second kappa shape index (κ2) is 6.22. The van der Waals surface area contributed by atoms with Gasteiger partial charge in [0.2, 0.25) is 5.91 Å². The van der Waals surface area contributed by atoms with Crippen molar-refractivity contribution in [2.45, 2.75) is 26.8 Å². The third-order valence-electron chi connectivity index (χ3n) is 3.00. The number of likely N-dealkylation sites (N-methyl/N-ethyl adjacent to an activating group) is 1. The van der Waals surface area contributed by atoms with Crippen molar-refractivity contribution in [2.75, 3.05) is 18.9 Å². The van der Waals surface area contributed by atoms with Crippen molar-refractivity contribution in [3.8, 4) is 0 Å². The highest BCUT2D eigenvalue weighted by Crippen LogP contribution is 2.19. The lowest BCUT2D eigenvalue weighted by molar-refractivity contribution is -0.130. The van der Waals surface area contributed by atoms with Crippen LogP contribution in [0.5, 0.6) is 0 Å². The summed E-state index contributed by atoms with van der Waals surface area (Å²) in [7, 11) is 1.72. The largest absolute Gasteiger partial charge is 0.478 e. The Hall–Kier alpha value is -2.04. The number of hydrogen-bond acceptors (Lipinski definition) is 3. The number of amides is 1. The van der Waals surface area contributed by atoms with Crippen molar-refractivity contribution in [3.63, 3.8) is 0 Å². The van der Waals surface area contributed by atoms with Gasteiger partial charge in [-0.05, 0) is 38.5 Å². The maximum Gasteiger partial charge on any atom is 0.337 e. The van der Waals surface area contributed by atoms with E-state index in [2.05, 4.69) is 5.32 Å². The van der Waals surface area contributed by atoms with Gasteiger partial charge in [-0.15, -0.1) is 0 Å². The molecule has 19 heavy (non-hydrogen) atoms. The van der Waals surface area contributed by atoms with Crippen LogP contribution in [0.3, 0.4) is 0 Å². The van der Waals surface area contributed by atoms with E-state index in [1.54, 1.807) is 37.1 Å². The minimum atomic E-state index is -1.01. The molecule has 1 rings (SSSR count). The molecule has 0 aliphatic heterocycles. The van der Waals surface area contributed by atoms with Crippen LogP contribution in [-0.2, 0) is 4.79 Å². The van der Waals surface area contributed by atoms with E-state index in [9.17, 15) is 9.59 Å². The molecular weight excluding hydrogens is 244 g/mol. The van der Waals surface area contributed by atoms with Crippen LogP contribution in [0.1, 0.15) is 29.8 Å². The molecule has 0 radical (unpaired) electrons. The molecule has 1 aromatic rings. The summed E-state index contributed by atoms with van der Waals surface area (Å²) in [6, 6.07) is 4.55. The fourth-order valence-electron chi connectivity index (χ4n) is 1.75. The first kappa shape index (κ1) is 15.0. The molecule has 1 unspecified atom stereocenters. The van der Waals surface area contributed by atoms with Crippen LogP contribution in [0.2, 0.25) is 0 Å². The Balaban J connectivity index is 2.95. The maximum absolute atomic E-state index is 12.0. The summed E-state index contributed by atoms with van der Waals surface area (Å²) in [5.74, 6) is -1.08. The Bertz CT molecular complexity index is 486. The lowest BCUT2D eigenvalue weighted by atomic mass is 10.1. The normalized spacial score (nSPS) is 11.8. The highest BCUT2D eigenvalue weighted by Gasteiger charge is 2.18. The van der Waals surface area contributed by atoms with Crippen LogP contribution in [-0.4, -0.2) is 41.5 Å². The first-order chi connectivity index (χ1) is 8.86. The molecule has 104 valence electrons. The highest BCUT2D eigenvalue weighted by molar-refractivity contribution is 5.95. The first-order valence-electron chi connectivity index (χ1n) is 6.22. The maximum atomic E-state index is 12.0. The van der Waals surface area contributed by atoms with E-state index in [0.29, 0.717) is 12.2 Å². The fourth-order valence-corrected chi connectivity index (χ4v) is 1.75. The minimum absolute atomic E-state index is 0.0691. The van der Waals surface area contributed by atoms with E-state index in [0.717, 1.165) is 5.56 Å². The van der Waals surface area contributed by atoms with Gasteiger partial charge in [-0.1, -0.05) is 6.07 Å². The Morgan fingerprint density at radius 2 is 2.05 bits per heavy atom. The molecule has 0 aromatic heterocycles. The average molecular weight is 264 g/mol. The highest BCUT2D eigenvalue weighted by atomic mass is 16.4. The molecule has 0 heterocycles. The second-order valence-electron chi connectivity index (χ2n) is 4.57. The SMILES string of the molecule is CCN(C)C(=O)C(C)Nc1cc(C)ccc1C(=O)O. The summed E-state index contributed by atoms with van der Waals surface area (Å²) in [5, 5.41) is 12.1. The van der Waals surface area contributed by atoms with Crippen molar-refractivity contribution < 1.29 is 14.7 Å². The number of carbonyl (C=O) groups is 2. The topological polar surface area (TPSA) is 69.6 Å². The van der Waals surface area contributed by atoms with Gasteiger partial charge >= 0.3 is 5.97 Å². The average Bonchev–Trinajstić information content (AvgIpc) is 2.36. The molecule has 0 saturated carbocycles. The van der Waals surface area contributed by atoms with Gasteiger partial charge in [0.15, 0.2) is 0 Å². The van der Waals surface area contributed by atoms with Crippen molar-refractivity contribution in [3.05, 3.63) is 29.3 Å². The number of nitrogens with zero attached hydrogens (tertiary/aromatic N) is 1. The number of nitrogens with one attached hydrogen (secondary N) is 1. The van der Waals surface area contributed by atoms with Crippen molar-refractivity contribution in [1.29, 1.82) is 0 Å². The quantitative estimate of drug-likeness (QED) is 0.853. The number of aromatic carboxylic acids is 1. The summed E-state index contributed by atoms with van der Waals surface area (Å²) in [6.45, 7) is 6.11. The van der Waals surface area contributed by atoms with Gasteiger partial charge in [0.25, 0.3) is 0 Å². The molecule has 0 spiro atoms. The molecule has 1 atom stereocenters. The van der Waals surface area contributed by atoms with E-state index >= 15 is 0 Å². The molecule has 0 aliphatic carbocycles. The number of carbonyl (C=O) groups excluding carboxylic acids is 1. The van der Waals surface area contributed by atoms with Crippen molar-refractivity contribution in [2.24, 2.45) is 0 Å². The van der Waals surface area contributed by atoms with Crippen molar-refractivity contribution in [1.82, 2.24) is 4.90 Å². The van der Waals surface area contributed by atoms with E-state index < -0.39 is 12.0 Å². The zero-order chi connectivity index (χ0) is 14.6. The van der Waals surface area contributed by atoms with Gasteiger partial charge in [0, 0.05) is 19.3 Å². The zero-order valence-electron chi connectivity index (χ0n) is 11.7. The number of rotatable bonds is 5. The second-order valence-corrected chi connectivity index (χ2v) is 4.57. The number of aryl methyl sites for hydroxylation is 1. The molecule has 1 aromatic carbocycles. The predicted molar refractivity (Wildman–Crippen MR) is 74.5 cm³/mol. The molecule has 5 heteroatoms. The number of carboxylic acid groups (broad SMARTS) is 1. The van der Waals surface area contributed by atoms with E-state index in [-0.39, 0.29) is 11.5 Å². The van der Waals surface area contributed by atoms with Crippen LogP contribution in [0, 0.1) is 6.92 Å². The standard InChI is InChI=1S/C14H20N2O3/c1-5-16(4)13(17)10(3)15-12-8-9(2)6-7-11(12)14(18)19/h6-8,10,15H,5H2,1-4H3,(H,18,19). The molecule has 5 nitrogen and oxygen atoms in total. The summed E-state index contributed by atoms with van der Waals surface area (Å²) in [5.41, 5.74) is 1.58. The number of anilines is 1. The Morgan fingerprint density at radius 3 is 2.58 bits per heavy atom. The summed E-state index contributed by atoms with van der Waals surface area (Å²) in [6.07, 6.45) is 0. The molecule has 0 aliphatic rings. The van der Waals surface area contributed by atoms with Crippen LogP contribution in [0.25, 0.3) is 0 Å². The fraction of sp³-hybridized carbons (Fsp3) is 0.429. The van der Waals surface area contributed by atoms with Crippen LogP contribution in [0.4, 0.5) is 5.69 Å². The van der Waals surface area contributed by atoms with Crippen molar-refractivity contribution >= 4 is 17.6 Å². The number of hydrogen-bond donors (Lipinski definition) is 2. The van der Waals surface area contributed by atoms with Gasteiger partial charge in [-0.2, -0.15) is 0 Å². The summed E-state index contributed by atoms with van der Waals surface area (Å²) in [4.78, 5) is 24.7. The monoisotopic (exact) mass is 264 g/mol. The van der Waals surface area contributed by atoms with Crippen LogP contribution in [0.15, 0.2) is 18.2 Å². The van der Waals surface area contributed by atoms with Gasteiger partial charge < -0.3 is 15.3 Å². The minimum Gasteiger partial charge on any atom is -0.478 e. The van der Waals surface area contributed by atoms with Gasteiger partial charge in [0.1, 0.15) is 6.04 Å². The smallest absolute Gasteiger partial charge is 0.337 e. The van der Waals surface area contributed by atoms with Gasteiger partial charge in [-0.25, -0.2) is 4.79 Å². The van der Waals surface area contributed by atoms with Gasteiger partial charge in [0.05, 0.1) is 5.56 Å². The summed E-state index contributed by atoms with van der Waals surface area (Å²) < 4.78 is 0. The Kier molecular flexibility index (Phi) is 4.92. The summed E-state index contributed by atoms with van der Waals surface area (Å²) >= 11 is 0. The zero-order valence-corrected chi connectivity index (χ0v) is 11.7. The van der Waals surface area contributed by atoms with Gasteiger partial charge in [-0.3, -0.25) is 4.79 Å². The molecule has 0 bridgehead atoms. The van der Waals surface area contributed by atoms with E-state index in [4.69, 9.17) is 5.11 Å². The molecule has 1 amide bonds. The Morgan fingerprint density at radius 1 is 1.42 bits per heavy atom. The molecule has 0 saturated heterocycles. The van der Waals surface area contributed by atoms with E-state index in [1.165, 1.54) is 0 Å². The van der Waals surface area contributed by atoms with Crippen LogP contribution >= 0.6 is 0 Å². The predicted octanol–water partition coefficient (Wildman–Crippen LogP) is 1.97. The Labute approximate surface area is 113 Å². The number of benzene rings is 1. The molecule has 0 fully saturated rings.